The molecule has 3 aromatic rings. The molecule has 5 nitrogen and oxygen atoms in total. The number of hydrogen-bond acceptors (Lipinski definition) is 4. The lowest BCUT2D eigenvalue weighted by molar-refractivity contribution is -0.137. The molecule has 0 fully saturated rings. The van der Waals surface area contributed by atoms with Gasteiger partial charge in [-0.1, -0.05) is 36.4 Å². The Hall–Kier alpha value is -3.93. The van der Waals surface area contributed by atoms with Crippen LogP contribution in [-0.4, -0.2) is 23.3 Å². The third kappa shape index (κ3) is 4.51. The van der Waals surface area contributed by atoms with Crippen LogP contribution in [0.15, 0.2) is 72.4 Å². The van der Waals surface area contributed by atoms with Crippen molar-refractivity contribution >= 4 is 23.1 Å². The summed E-state index contributed by atoms with van der Waals surface area (Å²) in [6.45, 7) is 6.44. The number of carbonyl (C=O) groups is 2. The maximum atomic E-state index is 13.5. The number of carbonyl (C=O) groups excluding carboxylic acids is 2. The van der Waals surface area contributed by atoms with Crippen molar-refractivity contribution in [3.63, 3.8) is 0 Å². The first-order chi connectivity index (χ1) is 15.9. The number of benzene rings is 3. The predicted molar refractivity (Wildman–Crippen MR) is 126 cm³/mol. The van der Waals surface area contributed by atoms with Gasteiger partial charge < -0.3 is 10.1 Å². The first kappa shape index (κ1) is 22.3. The molecule has 0 radical (unpaired) electrons. The number of nitrogens with one attached hydrogen (secondary N) is 1. The van der Waals surface area contributed by atoms with Crippen LogP contribution in [0.25, 0.3) is 5.57 Å². The topological polar surface area (TPSA) is 58.6 Å². The highest BCUT2D eigenvalue weighted by Crippen LogP contribution is 2.33. The van der Waals surface area contributed by atoms with Gasteiger partial charge in [0.1, 0.15) is 17.3 Å². The summed E-state index contributed by atoms with van der Waals surface area (Å²) in [5.74, 6) is -0.510. The smallest absolute Gasteiger partial charge is 0.278 e. The molecular weight excluding hydrogens is 419 g/mol. The molecule has 0 aliphatic carbocycles. The normalized spacial score (nSPS) is 13.6. The van der Waals surface area contributed by atoms with Crippen molar-refractivity contribution in [3.05, 3.63) is 100 Å². The van der Waals surface area contributed by atoms with Crippen molar-refractivity contribution in [1.82, 2.24) is 4.90 Å². The minimum Gasteiger partial charge on any atom is -0.494 e. The Morgan fingerprint density at radius 2 is 1.61 bits per heavy atom. The molecule has 2 amide bonds. The number of amides is 2. The van der Waals surface area contributed by atoms with Gasteiger partial charge >= 0.3 is 0 Å². The average molecular weight is 445 g/mol. The van der Waals surface area contributed by atoms with Crippen LogP contribution in [0.2, 0.25) is 0 Å². The van der Waals surface area contributed by atoms with Crippen molar-refractivity contribution in [1.29, 1.82) is 0 Å². The minimum absolute atomic E-state index is 0.0520. The van der Waals surface area contributed by atoms with Gasteiger partial charge in [-0.15, -0.1) is 0 Å². The predicted octanol–water partition coefficient (Wildman–Crippen LogP) is 5.23. The monoisotopic (exact) mass is 444 g/mol. The number of ether oxygens (including phenoxy) is 1. The summed E-state index contributed by atoms with van der Waals surface area (Å²) >= 11 is 0. The lowest BCUT2D eigenvalue weighted by Crippen LogP contribution is -2.32. The van der Waals surface area contributed by atoms with Gasteiger partial charge in [0.05, 0.1) is 18.7 Å². The van der Waals surface area contributed by atoms with E-state index in [9.17, 15) is 14.0 Å². The molecule has 168 valence electrons. The summed E-state index contributed by atoms with van der Waals surface area (Å²) < 4.78 is 18.8. The molecule has 1 N–H and O–H groups in total. The summed E-state index contributed by atoms with van der Waals surface area (Å²) in [6, 6.07) is 18.7. The van der Waals surface area contributed by atoms with Crippen LogP contribution in [0.4, 0.5) is 10.1 Å². The fourth-order valence-electron chi connectivity index (χ4n) is 3.78. The molecule has 0 bridgehead atoms. The quantitative estimate of drug-likeness (QED) is 0.507. The number of imide groups is 1. The number of rotatable bonds is 7. The second kappa shape index (κ2) is 9.28. The molecule has 3 aromatic carbocycles. The Morgan fingerprint density at radius 1 is 0.909 bits per heavy atom. The van der Waals surface area contributed by atoms with Crippen molar-refractivity contribution in [2.24, 2.45) is 0 Å². The fraction of sp³-hybridized carbons (Fsp3) is 0.185. The lowest BCUT2D eigenvalue weighted by atomic mass is 10.0. The molecule has 0 saturated carbocycles. The van der Waals surface area contributed by atoms with Crippen molar-refractivity contribution in [2.45, 2.75) is 27.3 Å². The zero-order chi connectivity index (χ0) is 23.5. The van der Waals surface area contributed by atoms with Gasteiger partial charge in [0.2, 0.25) is 0 Å². The Bertz CT molecular complexity index is 1230. The molecule has 0 spiro atoms. The number of hydrogen-bond donors (Lipinski definition) is 1. The van der Waals surface area contributed by atoms with Gasteiger partial charge in [0.15, 0.2) is 0 Å². The van der Waals surface area contributed by atoms with E-state index in [2.05, 4.69) is 5.32 Å². The van der Waals surface area contributed by atoms with Gasteiger partial charge in [-0.3, -0.25) is 14.5 Å². The molecule has 0 unspecified atom stereocenters. The largest absolute Gasteiger partial charge is 0.494 e. The van der Waals surface area contributed by atoms with Gasteiger partial charge in [-0.25, -0.2) is 4.39 Å². The maximum absolute atomic E-state index is 13.5. The number of aryl methyl sites for hydroxylation is 1. The van der Waals surface area contributed by atoms with E-state index in [1.807, 2.05) is 39.0 Å². The first-order valence-electron chi connectivity index (χ1n) is 10.8. The average Bonchev–Trinajstić information content (AvgIpc) is 3.03. The molecule has 0 aromatic heterocycles. The van der Waals surface area contributed by atoms with E-state index in [0.717, 1.165) is 16.8 Å². The van der Waals surface area contributed by atoms with Crippen LogP contribution in [0.5, 0.6) is 5.75 Å². The molecule has 33 heavy (non-hydrogen) atoms. The third-order valence-electron chi connectivity index (χ3n) is 5.74. The Balaban J connectivity index is 1.74. The highest BCUT2D eigenvalue weighted by Gasteiger charge is 2.39. The minimum atomic E-state index is -0.422. The van der Waals surface area contributed by atoms with Gasteiger partial charge in [0.25, 0.3) is 11.8 Å². The van der Waals surface area contributed by atoms with E-state index in [1.54, 1.807) is 36.4 Å². The second-order valence-electron chi connectivity index (χ2n) is 7.90. The number of anilines is 1. The summed E-state index contributed by atoms with van der Waals surface area (Å²) in [5, 5.41) is 3.22. The molecule has 1 heterocycles. The van der Waals surface area contributed by atoms with E-state index in [1.165, 1.54) is 17.0 Å². The summed E-state index contributed by atoms with van der Waals surface area (Å²) in [6.07, 6.45) is 0. The number of nitrogens with zero attached hydrogens (tertiary/aromatic N) is 1. The van der Waals surface area contributed by atoms with Crippen molar-refractivity contribution < 1.29 is 18.7 Å². The third-order valence-corrected chi connectivity index (χ3v) is 5.74. The first-order valence-corrected chi connectivity index (χ1v) is 10.8. The van der Waals surface area contributed by atoms with Crippen molar-refractivity contribution in [2.75, 3.05) is 11.9 Å². The van der Waals surface area contributed by atoms with E-state index in [4.69, 9.17) is 4.74 Å². The second-order valence-corrected chi connectivity index (χ2v) is 7.90. The molecular formula is C27H25FN2O3. The van der Waals surface area contributed by atoms with Gasteiger partial charge in [0, 0.05) is 5.69 Å². The SMILES string of the molecule is CCOc1ccc(C2=C(Nc3cccc(C)c3C)C(=O)N(Cc3ccc(F)cc3)C2=O)cc1. The van der Waals surface area contributed by atoms with Gasteiger partial charge in [-0.05, 0) is 73.4 Å². The molecule has 1 aliphatic heterocycles. The van der Waals surface area contributed by atoms with E-state index >= 15 is 0 Å². The zero-order valence-corrected chi connectivity index (χ0v) is 18.8. The summed E-state index contributed by atoms with van der Waals surface area (Å²) in [7, 11) is 0. The van der Waals surface area contributed by atoms with Crippen LogP contribution in [-0.2, 0) is 16.1 Å². The van der Waals surface area contributed by atoms with Crippen LogP contribution < -0.4 is 10.1 Å². The summed E-state index contributed by atoms with van der Waals surface area (Å²) in [4.78, 5) is 28.1. The Labute approximate surface area is 192 Å². The lowest BCUT2D eigenvalue weighted by Gasteiger charge is -2.16. The van der Waals surface area contributed by atoms with Crippen LogP contribution in [0, 0.1) is 19.7 Å². The Morgan fingerprint density at radius 3 is 2.27 bits per heavy atom. The molecule has 1 aliphatic rings. The standard InChI is InChI=1S/C27H25FN2O3/c1-4-33-22-14-10-20(11-15-22)24-25(29-23-7-5-6-17(2)18(23)3)27(32)30(26(24)31)16-19-8-12-21(28)13-9-19/h5-15,29H,4,16H2,1-3H3. The fourth-order valence-corrected chi connectivity index (χ4v) is 3.78. The highest BCUT2D eigenvalue weighted by atomic mass is 19.1. The van der Waals surface area contributed by atoms with Gasteiger partial charge in [-0.2, -0.15) is 0 Å². The zero-order valence-electron chi connectivity index (χ0n) is 18.8. The van der Waals surface area contributed by atoms with Crippen LogP contribution >= 0.6 is 0 Å². The molecule has 0 atom stereocenters. The van der Waals surface area contributed by atoms with E-state index in [0.29, 0.717) is 29.1 Å². The highest BCUT2D eigenvalue weighted by molar-refractivity contribution is 6.36. The Kier molecular flexibility index (Phi) is 6.27. The molecule has 6 heteroatoms. The van der Waals surface area contributed by atoms with E-state index in [-0.39, 0.29) is 18.1 Å². The van der Waals surface area contributed by atoms with Crippen LogP contribution in [0.1, 0.15) is 29.2 Å². The number of halogens is 1. The molecule has 4 rings (SSSR count). The van der Waals surface area contributed by atoms with Crippen LogP contribution in [0.3, 0.4) is 0 Å². The maximum Gasteiger partial charge on any atom is 0.278 e. The summed E-state index contributed by atoms with van der Waals surface area (Å²) in [5.41, 5.74) is 4.63. The molecule has 0 saturated heterocycles. The van der Waals surface area contributed by atoms with E-state index < -0.39 is 11.8 Å². The van der Waals surface area contributed by atoms with Crippen molar-refractivity contribution in [3.8, 4) is 5.75 Å².